The van der Waals surface area contributed by atoms with E-state index in [1.165, 1.54) is 11.1 Å². The highest BCUT2D eigenvalue weighted by Gasteiger charge is 2.07. The molecule has 0 saturated carbocycles. The summed E-state index contributed by atoms with van der Waals surface area (Å²) in [6.45, 7) is 4.08. The van der Waals surface area contributed by atoms with Crippen LogP contribution in [0.25, 0.3) is 11.3 Å². The van der Waals surface area contributed by atoms with Crippen LogP contribution >= 0.6 is 15.9 Å². The lowest BCUT2D eigenvalue weighted by Crippen LogP contribution is -1.84. The van der Waals surface area contributed by atoms with Crippen LogP contribution in [0.1, 0.15) is 11.1 Å². The van der Waals surface area contributed by atoms with Crippen molar-refractivity contribution in [2.24, 2.45) is 0 Å². The first-order chi connectivity index (χ1) is 7.08. The van der Waals surface area contributed by atoms with Gasteiger partial charge in [0.05, 0.1) is 6.20 Å². The summed E-state index contributed by atoms with van der Waals surface area (Å²) in [5, 5.41) is 0. The summed E-state index contributed by atoms with van der Waals surface area (Å²) in [6, 6.07) is 4.27. The molecule has 0 atom stereocenters. The first-order valence-electron chi connectivity index (χ1n) is 4.56. The number of nitrogens with two attached hydrogens (primary N) is 1. The van der Waals surface area contributed by atoms with Crippen molar-refractivity contribution in [1.29, 1.82) is 0 Å². The standard InChI is InChI=1S/C11H11BrN2O/c1-6-3-8(4-7(2)10(6)12)9-5-14-11(13)15-9/h3-5H,1-2H3,(H2,13,14). The van der Waals surface area contributed by atoms with Crippen molar-refractivity contribution in [3.63, 3.8) is 0 Å². The minimum absolute atomic E-state index is 0.197. The van der Waals surface area contributed by atoms with Gasteiger partial charge in [0.1, 0.15) is 0 Å². The molecule has 78 valence electrons. The van der Waals surface area contributed by atoms with E-state index in [-0.39, 0.29) is 6.01 Å². The van der Waals surface area contributed by atoms with Gasteiger partial charge in [-0.05, 0) is 37.1 Å². The van der Waals surface area contributed by atoms with Crippen molar-refractivity contribution in [3.8, 4) is 11.3 Å². The highest BCUT2D eigenvalue weighted by Crippen LogP contribution is 2.29. The number of anilines is 1. The molecule has 1 aromatic carbocycles. The predicted molar refractivity (Wildman–Crippen MR) is 63.5 cm³/mol. The number of hydrogen-bond acceptors (Lipinski definition) is 3. The molecule has 3 nitrogen and oxygen atoms in total. The highest BCUT2D eigenvalue weighted by atomic mass is 79.9. The second-order valence-electron chi connectivity index (χ2n) is 3.49. The molecule has 1 heterocycles. The third-order valence-corrected chi connectivity index (χ3v) is 3.50. The second-order valence-corrected chi connectivity index (χ2v) is 4.28. The van der Waals surface area contributed by atoms with E-state index in [9.17, 15) is 0 Å². The molecule has 0 bridgehead atoms. The van der Waals surface area contributed by atoms with Crippen LogP contribution in [0, 0.1) is 13.8 Å². The molecule has 0 aliphatic heterocycles. The lowest BCUT2D eigenvalue weighted by atomic mass is 10.1. The lowest BCUT2D eigenvalue weighted by Gasteiger charge is -2.05. The molecule has 2 rings (SSSR count). The molecule has 15 heavy (non-hydrogen) atoms. The quantitative estimate of drug-likeness (QED) is 0.862. The van der Waals surface area contributed by atoms with E-state index in [1.807, 2.05) is 26.0 Å². The average molecular weight is 267 g/mol. The zero-order valence-electron chi connectivity index (χ0n) is 8.54. The van der Waals surface area contributed by atoms with Crippen LogP contribution in [0.4, 0.5) is 6.01 Å². The Hall–Kier alpha value is -1.29. The number of aryl methyl sites for hydroxylation is 2. The van der Waals surface area contributed by atoms with Crippen LogP contribution in [-0.2, 0) is 0 Å². The van der Waals surface area contributed by atoms with E-state index < -0.39 is 0 Å². The topological polar surface area (TPSA) is 52.0 Å². The third-order valence-electron chi connectivity index (χ3n) is 2.24. The first kappa shape index (κ1) is 10.2. The van der Waals surface area contributed by atoms with E-state index >= 15 is 0 Å². The van der Waals surface area contributed by atoms with Crippen LogP contribution in [0.5, 0.6) is 0 Å². The van der Waals surface area contributed by atoms with Crippen molar-refractivity contribution >= 4 is 21.9 Å². The van der Waals surface area contributed by atoms with Crippen LogP contribution in [0.15, 0.2) is 27.2 Å². The second kappa shape index (κ2) is 3.70. The van der Waals surface area contributed by atoms with E-state index in [0.717, 1.165) is 10.0 Å². The Morgan fingerprint density at radius 2 is 1.87 bits per heavy atom. The summed E-state index contributed by atoms with van der Waals surface area (Å²) < 4.78 is 6.39. The molecule has 0 unspecified atom stereocenters. The molecule has 2 aromatic rings. The molecule has 0 fully saturated rings. The van der Waals surface area contributed by atoms with Crippen LogP contribution in [0.3, 0.4) is 0 Å². The maximum Gasteiger partial charge on any atom is 0.292 e. The Balaban J connectivity index is 2.55. The summed E-state index contributed by atoms with van der Waals surface area (Å²) in [4.78, 5) is 3.87. The highest BCUT2D eigenvalue weighted by molar-refractivity contribution is 9.10. The number of benzene rings is 1. The van der Waals surface area contributed by atoms with Gasteiger partial charge in [-0.3, -0.25) is 0 Å². The molecular weight excluding hydrogens is 256 g/mol. The molecule has 2 N–H and O–H groups in total. The number of halogens is 1. The Kier molecular flexibility index (Phi) is 2.52. The van der Waals surface area contributed by atoms with Crippen molar-refractivity contribution in [1.82, 2.24) is 4.98 Å². The maximum absolute atomic E-state index is 5.43. The van der Waals surface area contributed by atoms with Gasteiger partial charge in [0.25, 0.3) is 6.01 Å². The lowest BCUT2D eigenvalue weighted by molar-refractivity contribution is 0.595. The SMILES string of the molecule is Cc1cc(-c2cnc(N)o2)cc(C)c1Br. The van der Waals surface area contributed by atoms with Crippen LogP contribution in [0.2, 0.25) is 0 Å². The summed E-state index contributed by atoms with van der Waals surface area (Å²) in [6.07, 6.45) is 1.64. The molecule has 1 aromatic heterocycles. The van der Waals surface area contributed by atoms with E-state index in [0.29, 0.717) is 5.76 Å². The van der Waals surface area contributed by atoms with Gasteiger partial charge in [-0.25, -0.2) is 4.98 Å². The molecule has 0 radical (unpaired) electrons. The number of rotatable bonds is 1. The number of nitrogen functional groups attached to an aromatic ring is 1. The predicted octanol–water partition coefficient (Wildman–Crippen LogP) is 3.30. The van der Waals surface area contributed by atoms with Gasteiger partial charge in [-0.15, -0.1) is 0 Å². The number of aromatic nitrogens is 1. The van der Waals surface area contributed by atoms with E-state index in [2.05, 4.69) is 20.9 Å². The minimum atomic E-state index is 0.197. The van der Waals surface area contributed by atoms with Gasteiger partial charge in [-0.1, -0.05) is 15.9 Å². The zero-order chi connectivity index (χ0) is 11.0. The van der Waals surface area contributed by atoms with Crippen molar-refractivity contribution < 1.29 is 4.42 Å². The molecule has 0 spiro atoms. The number of nitrogens with zero attached hydrogens (tertiary/aromatic N) is 1. The summed E-state index contributed by atoms with van der Waals surface area (Å²) in [5.41, 5.74) is 8.77. The fourth-order valence-electron chi connectivity index (χ4n) is 1.51. The van der Waals surface area contributed by atoms with Crippen LogP contribution in [-0.4, -0.2) is 4.98 Å². The van der Waals surface area contributed by atoms with Crippen molar-refractivity contribution in [2.75, 3.05) is 5.73 Å². The number of hydrogen-bond donors (Lipinski definition) is 1. The molecule has 0 amide bonds. The van der Waals surface area contributed by atoms with Gasteiger partial charge in [-0.2, -0.15) is 0 Å². The molecule has 4 heteroatoms. The Bertz CT molecular complexity index is 482. The summed E-state index contributed by atoms with van der Waals surface area (Å²) >= 11 is 3.52. The molecule has 0 aliphatic carbocycles. The van der Waals surface area contributed by atoms with Crippen LogP contribution < -0.4 is 5.73 Å². The monoisotopic (exact) mass is 266 g/mol. The molecule has 0 saturated heterocycles. The van der Waals surface area contributed by atoms with Crippen molar-refractivity contribution in [2.45, 2.75) is 13.8 Å². The summed E-state index contributed by atoms with van der Waals surface area (Å²) in [7, 11) is 0. The average Bonchev–Trinajstić information content (AvgIpc) is 2.60. The van der Waals surface area contributed by atoms with Crippen molar-refractivity contribution in [3.05, 3.63) is 33.9 Å². The van der Waals surface area contributed by atoms with Gasteiger partial charge in [0.2, 0.25) is 0 Å². The van der Waals surface area contributed by atoms with Gasteiger partial charge in [0, 0.05) is 10.0 Å². The fourth-order valence-corrected chi connectivity index (χ4v) is 1.74. The Morgan fingerprint density at radius 1 is 1.27 bits per heavy atom. The summed E-state index contributed by atoms with van der Waals surface area (Å²) in [5.74, 6) is 0.700. The molecule has 0 aliphatic rings. The largest absolute Gasteiger partial charge is 0.424 e. The smallest absolute Gasteiger partial charge is 0.292 e. The van der Waals surface area contributed by atoms with E-state index in [1.54, 1.807) is 6.20 Å². The normalized spacial score (nSPS) is 10.6. The van der Waals surface area contributed by atoms with Gasteiger partial charge in [0.15, 0.2) is 5.76 Å². The van der Waals surface area contributed by atoms with E-state index in [4.69, 9.17) is 10.2 Å². The third kappa shape index (κ3) is 1.90. The maximum atomic E-state index is 5.43. The first-order valence-corrected chi connectivity index (χ1v) is 5.35. The Morgan fingerprint density at radius 3 is 2.33 bits per heavy atom. The molecular formula is C11H11BrN2O. The Labute approximate surface area is 96.4 Å². The number of oxazole rings is 1. The van der Waals surface area contributed by atoms with Gasteiger partial charge < -0.3 is 10.2 Å². The minimum Gasteiger partial charge on any atom is -0.424 e. The van der Waals surface area contributed by atoms with Gasteiger partial charge >= 0.3 is 0 Å². The zero-order valence-corrected chi connectivity index (χ0v) is 10.1. The fraction of sp³-hybridized carbons (Fsp3) is 0.182.